The summed E-state index contributed by atoms with van der Waals surface area (Å²) >= 11 is 0. The molecule has 2 saturated heterocycles. The lowest BCUT2D eigenvalue weighted by Gasteiger charge is -2.32. The van der Waals surface area contributed by atoms with E-state index in [-0.39, 0.29) is 49.0 Å². The number of aromatic nitrogens is 4. The van der Waals surface area contributed by atoms with E-state index in [0.29, 0.717) is 60.9 Å². The second-order valence-corrected chi connectivity index (χ2v) is 16.3. The summed E-state index contributed by atoms with van der Waals surface area (Å²) in [5, 5.41) is 11.0. The summed E-state index contributed by atoms with van der Waals surface area (Å²) in [4.78, 5) is 35.2. The van der Waals surface area contributed by atoms with Gasteiger partial charge in [0, 0.05) is 76.1 Å². The number of piperidine rings is 2. The molecule has 7 rings (SSSR count). The predicted octanol–water partition coefficient (Wildman–Crippen LogP) is 7.04. The molecule has 0 radical (unpaired) electrons. The van der Waals surface area contributed by atoms with Gasteiger partial charge in [0.15, 0.2) is 5.82 Å². The molecule has 0 spiro atoms. The quantitative estimate of drug-likeness (QED) is 0.101. The maximum absolute atomic E-state index is 15.6. The Bertz CT molecular complexity index is 2300. The zero-order valence-electron chi connectivity index (χ0n) is 32.5. The number of rotatable bonds is 12. The van der Waals surface area contributed by atoms with E-state index in [0.717, 1.165) is 48.0 Å². The minimum atomic E-state index is -4.52. The molecule has 1 atom stereocenters. The van der Waals surface area contributed by atoms with Gasteiger partial charge in [-0.05, 0) is 97.8 Å². The molecule has 4 heterocycles. The van der Waals surface area contributed by atoms with Crippen LogP contribution in [0.5, 0.6) is 0 Å². The van der Waals surface area contributed by atoms with E-state index in [9.17, 15) is 27.0 Å². The molecule has 2 fully saturated rings. The number of fused-ring (bicyclic) bond motifs is 1. The number of amides is 2. The van der Waals surface area contributed by atoms with E-state index in [4.69, 9.17) is 0 Å². The number of hydrogen-bond acceptors (Lipinski definition) is 8. The molecule has 0 bridgehead atoms. The Kier molecular flexibility index (Phi) is 12.7. The highest BCUT2D eigenvalue weighted by Gasteiger charge is 2.32. The lowest BCUT2D eigenvalue weighted by molar-refractivity contribution is -0.138. The highest BCUT2D eigenvalue weighted by Crippen LogP contribution is 2.35. The number of hydrogen-bond donors (Lipinski definition) is 2. The third-order valence-electron chi connectivity index (χ3n) is 11.0. The molecule has 59 heavy (non-hydrogen) atoms. The monoisotopic (exact) mass is 837 g/mol. The Morgan fingerprint density at radius 3 is 2.29 bits per heavy atom. The van der Waals surface area contributed by atoms with Crippen molar-refractivity contribution in [3.63, 3.8) is 0 Å². The van der Waals surface area contributed by atoms with Crippen LogP contribution in [0.3, 0.4) is 0 Å². The first-order valence-corrected chi connectivity index (χ1v) is 20.5. The first kappa shape index (κ1) is 41.8. The zero-order valence-corrected chi connectivity index (χ0v) is 33.3. The van der Waals surface area contributed by atoms with Gasteiger partial charge in [-0.3, -0.25) is 14.5 Å². The number of anilines is 2. The van der Waals surface area contributed by atoms with Gasteiger partial charge in [0.1, 0.15) is 28.9 Å². The third-order valence-corrected chi connectivity index (χ3v) is 12.5. The topological polar surface area (TPSA) is 129 Å². The molecule has 312 valence electrons. The van der Waals surface area contributed by atoms with Crippen molar-refractivity contribution in [2.45, 2.75) is 61.7 Å². The van der Waals surface area contributed by atoms with Crippen molar-refractivity contribution < 1.29 is 35.8 Å². The van der Waals surface area contributed by atoms with Crippen LogP contribution in [0.2, 0.25) is 0 Å². The number of carbonyl (C=O) groups is 2. The van der Waals surface area contributed by atoms with Gasteiger partial charge in [-0.1, -0.05) is 18.2 Å². The number of aldehydes is 1. The normalized spacial score (nSPS) is 16.6. The van der Waals surface area contributed by atoms with Crippen LogP contribution in [-0.4, -0.2) is 91.3 Å². The lowest BCUT2D eigenvalue weighted by atomic mass is 9.88. The van der Waals surface area contributed by atoms with Crippen LogP contribution in [0, 0.1) is 11.6 Å². The number of nitrogens with zero attached hydrogens (tertiary/aromatic N) is 7. The molecule has 2 aliphatic rings. The van der Waals surface area contributed by atoms with E-state index >= 15 is 8.78 Å². The van der Waals surface area contributed by atoms with Crippen molar-refractivity contribution in [3.05, 3.63) is 95.3 Å². The van der Waals surface area contributed by atoms with Crippen LogP contribution < -0.4 is 15.5 Å². The fraction of sp³-hybridized carbons (Fsp3) is 0.390. The smallest absolute Gasteiger partial charge is 0.351 e. The lowest BCUT2D eigenvalue weighted by Crippen LogP contribution is -2.40. The SMILES string of the molecule is CNC(=O)N(CCC=O)c1nn(C)c2cc(C3CCN(Cc4c(F)cc(-c5cccc(S(=O)N6CCC(Nc7ncc(C(F)(F)F)cn7)CC6)c5)cc4F)CC3)ccc12. The van der Waals surface area contributed by atoms with Crippen LogP contribution in [0.15, 0.2) is 71.9 Å². The largest absolute Gasteiger partial charge is 0.419 e. The van der Waals surface area contributed by atoms with Crippen LogP contribution >= 0.6 is 0 Å². The molecule has 2 aliphatic heterocycles. The molecule has 0 aliphatic carbocycles. The molecular weight excluding hydrogens is 794 g/mol. The van der Waals surface area contributed by atoms with E-state index in [2.05, 4.69) is 31.8 Å². The molecule has 12 nitrogen and oxygen atoms in total. The first-order valence-electron chi connectivity index (χ1n) is 19.4. The molecule has 2 amide bonds. The Labute approximate surface area is 340 Å². The molecule has 18 heteroatoms. The Morgan fingerprint density at radius 1 is 0.949 bits per heavy atom. The minimum Gasteiger partial charge on any atom is -0.351 e. The van der Waals surface area contributed by atoms with Gasteiger partial charge in [0.05, 0.1) is 16.0 Å². The number of aryl methyl sites for hydroxylation is 1. The molecule has 5 aromatic rings. The summed E-state index contributed by atoms with van der Waals surface area (Å²) in [6, 6.07) is 15.0. The summed E-state index contributed by atoms with van der Waals surface area (Å²) < 4.78 is 86.9. The third kappa shape index (κ3) is 9.44. The van der Waals surface area contributed by atoms with Gasteiger partial charge >= 0.3 is 12.2 Å². The molecule has 1 unspecified atom stereocenters. The zero-order chi connectivity index (χ0) is 41.8. The second-order valence-electron chi connectivity index (χ2n) is 14.8. The van der Waals surface area contributed by atoms with E-state index in [1.54, 1.807) is 33.3 Å². The van der Waals surface area contributed by atoms with Crippen molar-refractivity contribution in [3.8, 4) is 11.1 Å². The van der Waals surface area contributed by atoms with Crippen molar-refractivity contribution in [1.29, 1.82) is 0 Å². The summed E-state index contributed by atoms with van der Waals surface area (Å²) in [6.45, 7) is 2.47. The standard InChI is InChI=1S/C41H44F5N9O3S/c1-47-40(57)55(13-4-18-56)38-33-8-7-28(22-37(33)52(2)51-38)26-9-14-53(15-10-26)25-34-35(42)20-29(21-36(34)43)27-5-3-6-32(19-27)59(58)54-16-11-31(12-17-54)50-39-48-23-30(24-49-39)41(44,45)46/h3,5-8,18-24,26,31H,4,9-17,25H2,1-2H3,(H,47,57)(H,48,49,50). The van der Waals surface area contributed by atoms with Gasteiger partial charge in [-0.25, -0.2) is 32.1 Å². The average molecular weight is 838 g/mol. The van der Waals surface area contributed by atoms with Crippen molar-refractivity contribution in [2.24, 2.45) is 7.05 Å². The fourth-order valence-corrected chi connectivity index (χ4v) is 8.99. The summed E-state index contributed by atoms with van der Waals surface area (Å²) in [5.74, 6) is -0.522. The molecular formula is C41H44F5N9O3S. The maximum atomic E-state index is 15.6. The number of carbonyl (C=O) groups excluding carboxylic acids is 2. The van der Waals surface area contributed by atoms with Crippen LogP contribution in [0.25, 0.3) is 22.0 Å². The Morgan fingerprint density at radius 2 is 1.64 bits per heavy atom. The van der Waals surface area contributed by atoms with E-state index in [1.807, 2.05) is 24.1 Å². The van der Waals surface area contributed by atoms with Gasteiger partial charge in [-0.2, -0.15) is 18.3 Å². The Hall–Kier alpha value is -5.33. The fourth-order valence-electron chi connectivity index (χ4n) is 7.73. The number of benzene rings is 3. The second kappa shape index (κ2) is 17.9. The van der Waals surface area contributed by atoms with Crippen LogP contribution in [0.4, 0.5) is 38.5 Å². The van der Waals surface area contributed by atoms with Gasteiger partial charge in [-0.15, -0.1) is 0 Å². The highest BCUT2D eigenvalue weighted by molar-refractivity contribution is 7.82. The maximum Gasteiger partial charge on any atom is 0.419 e. The number of urea groups is 1. The molecule has 0 saturated carbocycles. The van der Waals surface area contributed by atoms with Gasteiger partial charge < -0.3 is 15.4 Å². The van der Waals surface area contributed by atoms with E-state index in [1.165, 1.54) is 24.1 Å². The van der Waals surface area contributed by atoms with Crippen LogP contribution in [-0.2, 0) is 35.5 Å². The molecule has 2 aromatic heterocycles. The number of likely N-dealkylation sites (tertiary alicyclic amines) is 1. The average Bonchev–Trinajstić information content (AvgIpc) is 3.57. The number of halogens is 5. The van der Waals surface area contributed by atoms with E-state index < -0.39 is 34.4 Å². The van der Waals surface area contributed by atoms with Crippen LogP contribution in [0.1, 0.15) is 54.7 Å². The summed E-state index contributed by atoms with van der Waals surface area (Å²) in [5.41, 5.74) is 1.88. The van der Waals surface area contributed by atoms with Crippen molar-refractivity contribution >= 4 is 46.0 Å². The highest BCUT2D eigenvalue weighted by atomic mass is 32.2. The first-order chi connectivity index (χ1) is 28.3. The number of alkyl halides is 3. The summed E-state index contributed by atoms with van der Waals surface area (Å²) in [7, 11) is 1.79. The van der Waals surface area contributed by atoms with Gasteiger partial charge in [0.2, 0.25) is 5.95 Å². The molecule has 2 N–H and O–H groups in total. The van der Waals surface area contributed by atoms with Crippen molar-refractivity contribution in [1.82, 2.24) is 34.3 Å². The predicted molar refractivity (Wildman–Crippen MR) is 214 cm³/mol. The number of nitrogens with one attached hydrogen (secondary N) is 2. The Balaban J connectivity index is 0.946. The molecule has 3 aromatic carbocycles. The van der Waals surface area contributed by atoms with Crippen molar-refractivity contribution in [2.75, 3.05) is 50.0 Å². The van der Waals surface area contributed by atoms with Gasteiger partial charge in [0.25, 0.3) is 0 Å². The minimum absolute atomic E-state index is 0.0100. The summed E-state index contributed by atoms with van der Waals surface area (Å²) in [6.07, 6.45) is 0.567.